The van der Waals surface area contributed by atoms with E-state index in [0.29, 0.717) is 29.6 Å². The Hall–Kier alpha value is -3.81. The number of nitrogens with zero attached hydrogens (tertiary/aromatic N) is 1. The molecule has 2 heterocycles. The number of nitrogens with one attached hydrogen (secondary N) is 2. The maximum atomic E-state index is 12.7. The number of carbonyl (C=O) groups is 3. The molecule has 0 spiro atoms. The molecule has 1 aromatic heterocycles. The number of carboxylic acid groups (broad SMARTS) is 1. The summed E-state index contributed by atoms with van der Waals surface area (Å²) in [5.41, 5.74) is 0.670. The first-order valence-electron chi connectivity index (χ1n) is 10.8. The van der Waals surface area contributed by atoms with Crippen molar-refractivity contribution >= 4 is 34.6 Å². The SMILES string of the molecule is CC(C)(C)OC(=O)N1CCC[C@H]1C(=O)Nc1ccc2[nH]c(C(=O)O)cc2c1.c1ccccc1. The van der Waals surface area contributed by atoms with Crippen molar-refractivity contribution in [1.29, 1.82) is 0 Å². The summed E-state index contributed by atoms with van der Waals surface area (Å²) in [6, 6.07) is 18.0. The van der Waals surface area contributed by atoms with Crippen molar-refractivity contribution in [2.24, 2.45) is 0 Å². The molecule has 0 bridgehead atoms. The number of carboxylic acids is 1. The van der Waals surface area contributed by atoms with E-state index in [4.69, 9.17) is 9.84 Å². The van der Waals surface area contributed by atoms with Crippen LogP contribution in [0.3, 0.4) is 0 Å². The highest BCUT2D eigenvalue weighted by Crippen LogP contribution is 2.24. The number of fused-ring (bicyclic) bond motifs is 1. The van der Waals surface area contributed by atoms with Gasteiger partial charge in [-0.25, -0.2) is 9.59 Å². The monoisotopic (exact) mass is 451 g/mol. The van der Waals surface area contributed by atoms with Crippen LogP contribution in [0.1, 0.15) is 44.1 Å². The first kappa shape index (κ1) is 23.8. The summed E-state index contributed by atoms with van der Waals surface area (Å²) in [7, 11) is 0. The van der Waals surface area contributed by atoms with Gasteiger partial charge in [-0.3, -0.25) is 9.69 Å². The van der Waals surface area contributed by atoms with Crippen LogP contribution in [0.4, 0.5) is 10.5 Å². The quantitative estimate of drug-likeness (QED) is 0.525. The smallest absolute Gasteiger partial charge is 0.410 e. The number of hydrogen-bond donors (Lipinski definition) is 3. The number of hydrogen-bond acceptors (Lipinski definition) is 4. The predicted molar refractivity (Wildman–Crippen MR) is 126 cm³/mol. The van der Waals surface area contributed by atoms with Gasteiger partial charge in [0.05, 0.1) is 0 Å². The third-order valence-electron chi connectivity index (χ3n) is 4.97. The zero-order valence-electron chi connectivity index (χ0n) is 19.0. The Morgan fingerprint density at radius 3 is 2.27 bits per heavy atom. The van der Waals surface area contributed by atoms with Gasteiger partial charge < -0.3 is 20.1 Å². The molecule has 0 saturated carbocycles. The Bertz CT molecular complexity index is 1090. The number of aromatic nitrogens is 1. The van der Waals surface area contributed by atoms with Crippen molar-refractivity contribution in [3.63, 3.8) is 0 Å². The number of aromatic amines is 1. The second-order valence-corrected chi connectivity index (χ2v) is 8.77. The van der Waals surface area contributed by atoms with Crippen molar-refractivity contribution in [1.82, 2.24) is 9.88 Å². The molecule has 3 aromatic rings. The summed E-state index contributed by atoms with van der Waals surface area (Å²) in [4.78, 5) is 40.3. The van der Waals surface area contributed by atoms with Crippen LogP contribution in [-0.2, 0) is 9.53 Å². The van der Waals surface area contributed by atoms with Gasteiger partial charge in [-0.15, -0.1) is 0 Å². The average Bonchev–Trinajstić information content (AvgIpc) is 3.41. The molecule has 2 aromatic carbocycles. The van der Waals surface area contributed by atoms with Crippen molar-refractivity contribution in [3.8, 4) is 0 Å². The molecular weight excluding hydrogens is 422 g/mol. The normalized spacial score (nSPS) is 15.5. The maximum absolute atomic E-state index is 12.7. The summed E-state index contributed by atoms with van der Waals surface area (Å²) in [5.74, 6) is -1.33. The molecule has 174 valence electrons. The van der Waals surface area contributed by atoms with E-state index in [1.165, 1.54) is 11.0 Å². The highest BCUT2D eigenvalue weighted by molar-refractivity contribution is 6.00. The Morgan fingerprint density at radius 1 is 1.06 bits per heavy atom. The molecule has 33 heavy (non-hydrogen) atoms. The fourth-order valence-corrected chi connectivity index (χ4v) is 3.51. The lowest BCUT2D eigenvalue weighted by Crippen LogP contribution is -2.45. The van der Waals surface area contributed by atoms with E-state index in [0.717, 1.165) is 6.42 Å². The molecule has 8 heteroatoms. The van der Waals surface area contributed by atoms with Gasteiger partial charge in [0.1, 0.15) is 17.3 Å². The summed E-state index contributed by atoms with van der Waals surface area (Å²) in [5, 5.41) is 12.5. The number of H-pyrrole nitrogens is 1. The molecule has 0 unspecified atom stereocenters. The zero-order valence-corrected chi connectivity index (χ0v) is 19.0. The van der Waals surface area contributed by atoms with Gasteiger partial charge in [0.15, 0.2) is 0 Å². The molecule has 0 radical (unpaired) electrons. The van der Waals surface area contributed by atoms with Crippen LogP contribution in [0.2, 0.25) is 0 Å². The molecule has 8 nitrogen and oxygen atoms in total. The van der Waals surface area contributed by atoms with E-state index in [9.17, 15) is 14.4 Å². The van der Waals surface area contributed by atoms with E-state index < -0.39 is 23.7 Å². The molecule has 1 aliphatic rings. The number of likely N-dealkylation sites (tertiary alicyclic amines) is 1. The van der Waals surface area contributed by atoms with Crippen LogP contribution in [0.15, 0.2) is 60.7 Å². The molecule has 1 saturated heterocycles. The summed E-state index contributed by atoms with van der Waals surface area (Å²) in [6.07, 6.45) is 0.809. The zero-order chi connectivity index (χ0) is 24.0. The molecule has 1 aliphatic heterocycles. The molecular formula is C25H29N3O5. The van der Waals surface area contributed by atoms with Gasteiger partial charge in [0, 0.05) is 23.1 Å². The third-order valence-corrected chi connectivity index (χ3v) is 4.97. The van der Waals surface area contributed by atoms with Gasteiger partial charge in [0.25, 0.3) is 0 Å². The first-order chi connectivity index (χ1) is 15.6. The number of amides is 2. The third kappa shape index (κ3) is 6.58. The van der Waals surface area contributed by atoms with E-state index in [-0.39, 0.29) is 11.6 Å². The fraction of sp³-hybridized carbons (Fsp3) is 0.320. The number of rotatable bonds is 3. The minimum Gasteiger partial charge on any atom is -0.477 e. The molecule has 3 N–H and O–H groups in total. The Kier molecular flexibility index (Phi) is 7.37. The number of carbonyl (C=O) groups excluding carboxylic acids is 2. The second kappa shape index (κ2) is 10.2. The molecule has 2 amide bonds. The van der Waals surface area contributed by atoms with Crippen LogP contribution in [-0.4, -0.2) is 51.1 Å². The van der Waals surface area contributed by atoms with Gasteiger partial charge >= 0.3 is 12.1 Å². The average molecular weight is 452 g/mol. The largest absolute Gasteiger partial charge is 0.477 e. The van der Waals surface area contributed by atoms with Crippen LogP contribution in [0, 0.1) is 0 Å². The lowest BCUT2D eigenvalue weighted by Gasteiger charge is -2.28. The van der Waals surface area contributed by atoms with E-state index >= 15 is 0 Å². The number of aromatic carboxylic acids is 1. The lowest BCUT2D eigenvalue weighted by atomic mass is 10.2. The van der Waals surface area contributed by atoms with Gasteiger partial charge in [0.2, 0.25) is 5.91 Å². The van der Waals surface area contributed by atoms with Gasteiger partial charge in [-0.05, 0) is 57.9 Å². The van der Waals surface area contributed by atoms with Crippen LogP contribution in [0.25, 0.3) is 10.9 Å². The first-order valence-corrected chi connectivity index (χ1v) is 10.8. The molecule has 1 atom stereocenters. The van der Waals surface area contributed by atoms with Crippen LogP contribution < -0.4 is 5.32 Å². The van der Waals surface area contributed by atoms with Gasteiger partial charge in [-0.1, -0.05) is 36.4 Å². The highest BCUT2D eigenvalue weighted by Gasteiger charge is 2.36. The molecule has 0 aliphatic carbocycles. The standard InChI is InChI=1S/C19H23N3O5.C6H6/c1-19(2,3)27-18(26)22-8-4-5-15(22)16(23)20-12-6-7-13-11(9-12)10-14(21-13)17(24)25;1-2-4-6-5-3-1/h6-7,9-10,15,21H,4-5,8H2,1-3H3,(H,20,23)(H,24,25);1-6H/t15-;/m0./s1. The highest BCUT2D eigenvalue weighted by atomic mass is 16.6. The predicted octanol–water partition coefficient (Wildman–Crippen LogP) is 4.89. The van der Waals surface area contributed by atoms with E-state index in [1.807, 2.05) is 36.4 Å². The molecule has 1 fully saturated rings. The number of benzene rings is 2. The second-order valence-electron chi connectivity index (χ2n) is 8.77. The van der Waals surface area contributed by atoms with Crippen molar-refractivity contribution in [2.75, 3.05) is 11.9 Å². The topological polar surface area (TPSA) is 112 Å². The summed E-state index contributed by atoms with van der Waals surface area (Å²) >= 11 is 0. The van der Waals surface area contributed by atoms with Crippen molar-refractivity contribution in [2.45, 2.75) is 45.3 Å². The van der Waals surface area contributed by atoms with E-state index in [1.54, 1.807) is 39.0 Å². The summed E-state index contributed by atoms with van der Waals surface area (Å²) < 4.78 is 5.38. The fourth-order valence-electron chi connectivity index (χ4n) is 3.51. The van der Waals surface area contributed by atoms with Crippen molar-refractivity contribution < 1.29 is 24.2 Å². The maximum Gasteiger partial charge on any atom is 0.410 e. The number of anilines is 1. The Labute approximate surface area is 192 Å². The van der Waals surface area contributed by atoms with E-state index in [2.05, 4.69) is 10.3 Å². The minimum absolute atomic E-state index is 0.0837. The molecule has 4 rings (SSSR count). The van der Waals surface area contributed by atoms with Crippen LogP contribution >= 0.6 is 0 Å². The number of ether oxygens (including phenoxy) is 1. The lowest BCUT2D eigenvalue weighted by molar-refractivity contribution is -0.120. The van der Waals surface area contributed by atoms with Crippen molar-refractivity contribution in [3.05, 3.63) is 66.4 Å². The Balaban J connectivity index is 0.000000442. The minimum atomic E-state index is -1.05. The van der Waals surface area contributed by atoms with Crippen LogP contribution in [0.5, 0.6) is 0 Å². The Morgan fingerprint density at radius 2 is 1.70 bits per heavy atom. The van der Waals surface area contributed by atoms with Gasteiger partial charge in [-0.2, -0.15) is 0 Å². The summed E-state index contributed by atoms with van der Waals surface area (Å²) in [6.45, 7) is 5.83.